The van der Waals surface area contributed by atoms with Gasteiger partial charge >= 0.3 is 0 Å². The molecule has 1 heterocycles. The van der Waals surface area contributed by atoms with Crippen molar-refractivity contribution in [1.29, 1.82) is 0 Å². The molecule has 1 saturated heterocycles. The lowest BCUT2D eigenvalue weighted by Crippen LogP contribution is -2.36. The molecule has 100 valence electrons. The number of aryl methyl sites for hydroxylation is 1. The molecule has 0 aromatic heterocycles. The van der Waals surface area contributed by atoms with Gasteiger partial charge in [0.05, 0.1) is 0 Å². The highest BCUT2D eigenvalue weighted by molar-refractivity contribution is 5.59. The Morgan fingerprint density at radius 3 is 2.50 bits per heavy atom. The van der Waals surface area contributed by atoms with Gasteiger partial charge in [-0.3, -0.25) is 0 Å². The van der Waals surface area contributed by atoms with Gasteiger partial charge in [-0.1, -0.05) is 32.0 Å². The molecule has 1 aliphatic rings. The molecule has 2 nitrogen and oxygen atoms in total. The van der Waals surface area contributed by atoms with Gasteiger partial charge in [-0.25, -0.2) is 0 Å². The molecule has 2 heteroatoms. The number of hydrogen-bond donors (Lipinski definition) is 1. The molecule has 1 aromatic carbocycles. The van der Waals surface area contributed by atoms with Crippen molar-refractivity contribution in [3.8, 4) is 0 Å². The van der Waals surface area contributed by atoms with Crippen molar-refractivity contribution in [3.05, 3.63) is 29.3 Å². The Morgan fingerprint density at radius 2 is 1.94 bits per heavy atom. The van der Waals surface area contributed by atoms with Gasteiger partial charge < -0.3 is 10.6 Å². The summed E-state index contributed by atoms with van der Waals surface area (Å²) >= 11 is 0. The summed E-state index contributed by atoms with van der Waals surface area (Å²) in [6.45, 7) is 9.89. The minimum absolute atomic E-state index is 0.640. The lowest BCUT2D eigenvalue weighted by molar-refractivity contribution is 0.311. The molecule has 1 aliphatic heterocycles. The predicted octanol–water partition coefficient (Wildman–Crippen LogP) is 3.33. The third-order valence-corrected chi connectivity index (χ3v) is 4.34. The molecule has 0 atom stereocenters. The van der Waals surface area contributed by atoms with Crippen LogP contribution in [0.2, 0.25) is 0 Å². The standard InChI is InChI=1S/C16H26N2/c1-12(2)14-7-9-18(10-8-14)16-13(3)5-4-6-15(16)11-17/h4-6,12,14H,7-11,17H2,1-3H3. The second-order valence-corrected chi connectivity index (χ2v) is 5.86. The molecule has 0 amide bonds. The van der Waals surface area contributed by atoms with Gasteiger partial charge in [0.2, 0.25) is 0 Å². The van der Waals surface area contributed by atoms with Crippen molar-refractivity contribution >= 4 is 5.69 Å². The van der Waals surface area contributed by atoms with E-state index in [1.54, 1.807) is 0 Å². The van der Waals surface area contributed by atoms with Crippen molar-refractivity contribution in [2.75, 3.05) is 18.0 Å². The number of nitrogens with zero attached hydrogens (tertiary/aromatic N) is 1. The zero-order valence-corrected chi connectivity index (χ0v) is 11.9. The maximum atomic E-state index is 5.88. The Balaban J connectivity index is 2.14. The van der Waals surface area contributed by atoms with Gasteiger partial charge in [-0.15, -0.1) is 0 Å². The van der Waals surface area contributed by atoms with E-state index in [2.05, 4.69) is 43.9 Å². The fraction of sp³-hybridized carbons (Fsp3) is 0.625. The number of benzene rings is 1. The minimum atomic E-state index is 0.640. The van der Waals surface area contributed by atoms with Crippen LogP contribution in [0.3, 0.4) is 0 Å². The molecule has 0 spiro atoms. The van der Waals surface area contributed by atoms with Crippen LogP contribution in [0.25, 0.3) is 0 Å². The van der Waals surface area contributed by atoms with E-state index in [1.807, 2.05) is 0 Å². The number of anilines is 1. The van der Waals surface area contributed by atoms with Crippen LogP contribution in [0, 0.1) is 18.8 Å². The van der Waals surface area contributed by atoms with E-state index < -0.39 is 0 Å². The molecule has 0 radical (unpaired) electrons. The molecule has 1 aromatic rings. The van der Waals surface area contributed by atoms with Crippen molar-refractivity contribution in [2.24, 2.45) is 17.6 Å². The zero-order chi connectivity index (χ0) is 13.1. The first-order chi connectivity index (χ1) is 8.63. The SMILES string of the molecule is Cc1cccc(CN)c1N1CCC(C(C)C)CC1. The summed E-state index contributed by atoms with van der Waals surface area (Å²) in [4.78, 5) is 2.54. The van der Waals surface area contributed by atoms with E-state index in [0.717, 1.165) is 11.8 Å². The molecule has 1 fully saturated rings. The molecule has 0 unspecified atom stereocenters. The summed E-state index contributed by atoms with van der Waals surface area (Å²) < 4.78 is 0. The normalized spacial score (nSPS) is 17.5. The fourth-order valence-electron chi connectivity index (χ4n) is 3.13. The first-order valence-corrected chi connectivity index (χ1v) is 7.17. The molecule has 0 aliphatic carbocycles. The second kappa shape index (κ2) is 5.75. The first-order valence-electron chi connectivity index (χ1n) is 7.17. The Hall–Kier alpha value is -1.02. The molecule has 0 bridgehead atoms. The van der Waals surface area contributed by atoms with Crippen molar-refractivity contribution in [3.63, 3.8) is 0 Å². The first kappa shape index (κ1) is 13.4. The van der Waals surface area contributed by atoms with Crippen LogP contribution in [0.4, 0.5) is 5.69 Å². The fourth-order valence-corrected chi connectivity index (χ4v) is 3.13. The Labute approximate surface area is 111 Å². The summed E-state index contributed by atoms with van der Waals surface area (Å²) in [5, 5.41) is 0. The van der Waals surface area contributed by atoms with Crippen molar-refractivity contribution < 1.29 is 0 Å². The van der Waals surface area contributed by atoms with E-state index >= 15 is 0 Å². The summed E-state index contributed by atoms with van der Waals surface area (Å²) in [6.07, 6.45) is 2.63. The van der Waals surface area contributed by atoms with Gasteiger partial charge in [0.1, 0.15) is 0 Å². The minimum Gasteiger partial charge on any atom is -0.371 e. The summed E-state index contributed by atoms with van der Waals surface area (Å²) in [5.41, 5.74) is 9.92. The number of nitrogens with two attached hydrogens (primary N) is 1. The number of rotatable bonds is 3. The monoisotopic (exact) mass is 246 g/mol. The maximum absolute atomic E-state index is 5.88. The third kappa shape index (κ3) is 2.69. The molecule has 2 N–H and O–H groups in total. The van der Waals surface area contributed by atoms with Gasteiger partial charge in [0.15, 0.2) is 0 Å². The van der Waals surface area contributed by atoms with Crippen molar-refractivity contribution in [1.82, 2.24) is 0 Å². The van der Waals surface area contributed by atoms with E-state index in [1.165, 1.54) is 42.7 Å². The molecule has 0 saturated carbocycles. The molecule has 2 rings (SSSR count). The molecular weight excluding hydrogens is 220 g/mol. The number of piperidine rings is 1. The second-order valence-electron chi connectivity index (χ2n) is 5.86. The van der Waals surface area contributed by atoms with Gasteiger partial charge in [0, 0.05) is 25.3 Å². The van der Waals surface area contributed by atoms with Gasteiger partial charge in [-0.05, 0) is 42.7 Å². The average molecular weight is 246 g/mol. The number of para-hydroxylation sites is 1. The highest BCUT2D eigenvalue weighted by atomic mass is 15.1. The van der Waals surface area contributed by atoms with Crippen LogP contribution in [0.15, 0.2) is 18.2 Å². The quantitative estimate of drug-likeness (QED) is 0.886. The highest BCUT2D eigenvalue weighted by Crippen LogP contribution is 2.31. The third-order valence-electron chi connectivity index (χ3n) is 4.34. The Morgan fingerprint density at radius 1 is 1.28 bits per heavy atom. The van der Waals surface area contributed by atoms with Crippen LogP contribution in [-0.2, 0) is 6.54 Å². The smallest absolute Gasteiger partial charge is 0.0441 e. The number of hydrogen-bond acceptors (Lipinski definition) is 2. The summed E-state index contributed by atoms with van der Waals surface area (Å²) in [6, 6.07) is 6.47. The highest BCUT2D eigenvalue weighted by Gasteiger charge is 2.23. The van der Waals surface area contributed by atoms with Crippen LogP contribution in [0.1, 0.15) is 37.8 Å². The van der Waals surface area contributed by atoms with Crippen LogP contribution in [0.5, 0.6) is 0 Å². The van der Waals surface area contributed by atoms with Crippen LogP contribution >= 0.6 is 0 Å². The van der Waals surface area contributed by atoms with E-state index in [0.29, 0.717) is 6.54 Å². The Bertz CT molecular complexity index is 390. The summed E-state index contributed by atoms with van der Waals surface area (Å²) in [5.74, 6) is 1.71. The topological polar surface area (TPSA) is 29.3 Å². The molecule has 18 heavy (non-hydrogen) atoms. The lowest BCUT2D eigenvalue weighted by atomic mass is 9.86. The average Bonchev–Trinajstić information content (AvgIpc) is 2.38. The summed E-state index contributed by atoms with van der Waals surface area (Å²) in [7, 11) is 0. The predicted molar refractivity (Wildman–Crippen MR) is 78.8 cm³/mol. The zero-order valence-electron chi connectivity index (χ0n) is 11.9. The van der Waals surface area contributed by atoms with Crippen molar-refractivity contribution in [2.45, 2.75) is 40.2 Å². The Kier molecular flexibility index (Phi) is 4.28. The van der Waals surface area contributed by atoms with Gasteiger partial charge in [-0.2, -0.15) is 0 Å². The van der Waals surface area contributed by atoms with Crippen LogP contribution < -0.4 is 10.6 Å². The van der Waals surface area contributed by atoms with E-state index in [-0.39, 0.29) is 0 Å². The largest absolute Gasteiger partial charge is 0.371 e. The maximum Gasteiger partial charge on any atom is 0.0441 e. The van der Waals surface area contributed by atoms with Crippen LogP contribution in [-0.4, -0.2) is 13.1 Å². The van der Waals surface area contributed by atoms with E-state index in [4.69, 9.17) is 5.73 Å². The molecular formula is C16H26N2. The van der Waals surface area contributed by atoms with Gasteiger partial charge in [0.25, 0.3) is 0 Å². The lowest BCUT2D eigenvalue weighted by Gasteiger charge is -2.37. The van der Waals surface area contributed by atoms with E-state index in [9.17, 15) is 0 Å².